The highest BCUT2D eigenvalue weighted by molar-refractivity contribution is 8.16. The second-order valence-corrected chi connectivity index (χ2v) is 10.7. The van der Waals surface area contributed by atoms with Crippen molar-refractivity contribution in [2.24, 2.45) is 4.99 Å². The first kappa shape index (κ1) is 28.5. The first-order valence-electron chi connectivity index (χ1n) is 13.3. The third-order valence-corrected chi connectivity index (χ3v) is 8.10. The number of nitrogens with zero attached hydrogens (tertiary/aromatic N) is 3. The molecule has 0 saturated carbocycles. The minimum atomic E-state index is -2.95. The molecule has 3 aromatic rings. The van der Waals surface area contributed by atoms with E-state index >= 15 is 0 Å². The standard InChI is InChI=1S/C31H23F4N3O4S/c32-29(33)41-23-11-7-18(8-12-23)15-21-4-2-6-25-27(21)36-31-37(28(25)19-9-13-24(14-10-19)42-30(34)35)26(17-43-31)20-3-1-5-22(16-20)38(39)40/h1,3,5,7-17,28-30H,2,4,6H2. The van der Waals surface area contributed by atoms with Crippen LogP contribution < -0.4 is 9.47 Å². The number of allylic oxidation sites excluding steroid dienone is 1. The highest BCUT2D eigenvalue weighted by Crippen LogP contribution is 2.51. The molecule has 0 radical (unpaired) electrons. The molecule has 0 aromatic heterocycles. The number of non-ortho nitro benzene ring substituents is 1. The van der Waals surface area contributed by atoms with E-state index in [1.54, 1.807) is 36.4 Å². The molecule has 0 saturated heterocycles. The van der Waals surface area contributed by atoms with Gasteiger partial charge in [0.25, 0.3) is 5.69 Å². The van der Waals surface area contributed by atoms with Crippen molar-refractivity contribution in [2.45, 2.75) is 38.5 Å². The Morgan fingerprint density at radius 3 is 2.28 bits per heavy atom. The van der Waals surface area contributed by atoms with Crippen LogP contribution in [0.2, 0.25) is 0 Å². The van der Waals surface area contributed by atoms with Crippen LogP contribution in [0.25, 0.3) is 11.8 Å². The lowest BCUT2D eigenvalue weighted by Gasteiger charge is -2.40. The number of nitro groups is 1. The van der Waals surface area contributed by atoms with Crippen LogP contribution in [0, 0.1) is 10.1 Å². The third kappa shape index (κ3) is 6.00. The Kier molecular flexibility index (Phi) is 7.94. The first-order valence-corrected chi connectivity index (χ1v) is 14.2. The van der Waals surface area contributed by atoms with Gasteiger partial charge in [-0.2, -0.15) is 17.6 Å². The average molecular weight is 610 g/mol. The summed E-state index contributed by atoms with van der Waals surface area (Å²) in [5.41, 5.74) is 5.76. The Balaban J connectivity index is 1.42. The van der Waals surface area contributed by atoms with Gasteiger partial charge in [0.1, 0.15) is 11.5 Å². The van der Waals surface area contributed by atoms with Gasteiger partial charge in [0, 0.05) is 23.1 Å². The van der Waals surface area contributed by atoms with E-state index in [9.17, 15) is 27.7 Å². The summed E-state index contributed by atoms with van der Waals surface area (Å²) in [5.74, 6) is 0.0992. The zero-order valence-corrected chi connectivity index (χ0v) is 23.1. The fraction of sp³-hybridized carbons (Fsp3) is 0.194. The zero-order valence-electron chi connectivity index (χ0n) is 22.3. The van der Waals surface area contributed by atoms with Crippen LogP contribution in [-0.2, 0) is 0 Å². The van der Waals surface area contributed by atoms with E-state index in [2.05, 4.69) is 9.47 Å². The Morgan fingerprint density at radius 1 is 0.953 bits per heavy atom. The molecule has 2 heterocycles. The van der Waals surface area contributed by atoms with Crippen molar-refractivity contribution in [2.75, 3.05) is 0 Å². The van der Waals surface area contributed by atoms with Gasteiger partial charge in [-0.25, -0.2) is 4.99 Å². The number of hydrogen-bond acceptors (Lipinski definition) is 7. The lowest BCUT2D eigenvalue weighted by molar-refractivity contribution is -0.384. The largest absolute Gasteiger partial charge is 0.435 e. The van der Waals surface area contributed by atoms with Gasteiger partial charge in [0.2, 0.25) is 0 Å². The molecule has 0 bridgehead atoms. The molecule has 6 rings (SSSR count). The smallest absolute Gasteiger partial charge is 0.387 e. The number of aliphatic imine (C=N–C) groups is 1. The van der Waals surface area contributed by atoms with Gasteiger partial charge in [-0.15, -0.1) is 0 Å². The van der Waals surface area contributed by atoms with Gasteiger partial charge < -0.3 is 14.4 Å². The normalized spacial score (nSPS) is 18.9. The number of nitro benzene ring substituents is 1. The average Bonchev–Trinajstić information content (AvgIpc) is 3.41. The van der Waals surface area contributed by atoms with Crippen molar-refractivity contribution in [3.8, 4) is 11.5 Å². The molecule has 0 N–H and O–H groups in total. The molecule has 2 aliphatic heterocycles. The topological polar surface area (TPSA) is 77.2 Å². The number of fused-ring (bicyclic) bond motifs is 1. The minimum Gasteiger partial charge on any atom is -0.435 e. The van der Waals surface area contributed by atoms with Crippen molar-refractivity contribution in [3.63, 3.8) is 0 Å². The number of ether oxygens (including phenoxy) is 2. The van der Waals surface area contributed by atoms with E-state index in [-0.39, 0.29) is 23.2 Å². The van der Waals surface area contributed by atoms with Crippen LogP contribution in [0.4, 0.5) is 23.2 Å². The third-order valence-electron chi connectivity index (χ3n) is 7.26. The van der Waals surface area contributed by atoms with Crippen LogP contribution in [0.1, 0.15) is 42.0 Å². The number of hydrogen-bond donors (Lipinski definition) is 0. The van der Waals surface area contributed by atoms with Crippen LogP contribution in [0.15, 0.2) is 100 Å². The van der Waals surface area contributed by atoms with Crippen LogP contribution in [0.3, 0.4) is 0 Å². The Morgan fingerprint density at radius 2 is 1.63 bits per heavy atom. The lowest BCUT2D eigenvalue weighted by atomic mass is 9.82. The molecule has 3 aliphatic rings. The van der Waals surface area contributed by atoms with Gasteiger partial charge in [0.05, 0.1) is 22.4 Å². The molecule has 0 amide bonds. The summed E-state index contributed by atoms with van der Waals surface area (Å²) < 4.78 is 59.9. The number of benzene rings is 3. The summed E-state index contributed by atoms with van der Waals surface area (Å²) in [6.45, 7) is -5.86. The summed E-state index contributed by atoms with van der Waals surface area (Å²) >= 11 is 1.40. The summed E-state index contributed by atoms with van der Waals surface area (Å²) in [7, 11) is 0. The molecule has 7 nitrogen and oxygen atoms in total. The maximum atomic E-state index is 12.8. The van der Waals surface area contributed by atoms with Crippen molar-refractivity contribution < 1.29 is 32.0 Å². The van der Waals surface area contributed by atoms with E-state index in [0.29, 0.717) is 17.2 Å². The van der Waals surface area contributed by atoms with E-state index < -0.39 is 18.1 Å². The van der Waals surface area contributed by atoms with Gasteiger partial charge >= 0.3 is 13.2 Å². The molecule has 12 heteroatoms. The molecule has 0 fully saturated rings. The van der Waals surface area contributed by atoms with E-state index in [1.807, 2.05) is 16.4 Å². The highest BCUT2D eigenvalue weighted by atomic mass is 32.2. The van der Waals surface area contributed by atoms with Gasteiger partial charge in [0.15, 0.2) is 5.17 Å². The molecule has 1 atom stereocenters. The number of amidine groups is 1. The summed E-state index contributed by atoms with van der Waals surface area (Å²) in [6, 6.07) is 18.9. The quantitative estimate of drug-likeness (QED) is 0.144. The Hall–Kier alpha value is -4.58. The molecular weight excluding hydrogens is 586 g/mol. The highest BCUT2D eigenvalue weighted by Gasteiger charge is 2.40. The van der Waals surface area contributed by atoms with Gasteiger partial charge in [-0.05, 0) is 71.9 Å². The van der Waals surface area contributed by atoms with Crippen molar-refractivity contribution >= 4 is 34.4 Å². The maximum absolute atomic E-state index is 12.8. The van der Waals surface area contributed by atoms with E-state index in [0.717, 1.165) is 46.5 Å². The van der Waals surface area contributed by atoms with Crippen LogP contribution in [-0.4, -0.2) is 28.2 Å². The Labute approximate surface area is 248 Å². The zero-order chi connectivity index (χ0) is 30.1. The van der Waals surface area contributed by atoms with E-state index in [1.165, 1.54) is 48.2 Å². The van der Waals surface area contributed by atoms with Crippen LogP contribution >= 0.6 is 11.8 Å². The first-order chi connectivity index (χ1) is 20.8. The molecule has 1 unspecified atom stereocenters. The second kappa shape index (κ2) is 12.0. The SMILES string of the molecule is O=[N+]([O-])c1cccc(C2=CSC3=NC4=C(CCCC4=Cc4ccc(OC(F)F)cc4)C(c4ccc(OC(F)F)cc4)N23)c1. The molecule has 3 aromatic carbocycles. The molecule has 0 spiro atoms. The van der Waals surface area contributed by atoms with Crippen molar-refractivity contribution in [1.82, 2.24) is 4.90 Å². The summed E-state index contributed by atoms with van der Waals surface area (Å²) in [4.78, 5) is 18.1. The van der Waals surface area contributed by atoms with Gasteiger partial charge in [-0.3, -0.25) is 10.1 Å². The maximum Gasteiger partial charge on any atom is 0.387 e. The summed E-state index contributed by atoms with van der Waals surface area (Å²) in [6.07, 6.45) is 4.26. The van der Waals surface area contributed by atoms with Crippen molar-refractivity contribution in [3.05, 3.63) is 122 Å². The second-order valence-electron chi connectivity index (χ2n) is 9.89. The Bertz CT molecular complexity index is 1670. The van der Waals surface area contributed by atoms with E-state index in [4.69, 9.17) is 4.99 Å². The number of rotatable bonds is 8. The van der Waals surface area contributed by atoms with Crippen LogP contribution in [0.5, 0.6) is 11.5 Å². The molecule has 43 heavy (non-hydrogen) atoms. The monoisotopic (exact) mass is 609 g/mol. The van der Waals surface area contributed by atoms with Gasteiger partial charge in [-0.1, -0.05) is 48.2 Å². The fourth-order valence-corrected chi connectivity index (χ4v) is 6.41. The molecule has 220 valence electrons. The summed E-state index contributed by atoms with van der Waals surface area (Å²) in [5, 5.41) is 14.1. The lowest BCUT2D eigenvalue weighted by Crippen LogP contribution is -2.34. The molecule has 1 aliphatic carbocycles. The number of thioether (sulfide) groups is 1. The van der Waals surface area contributed by atoms with Crippen molar-refractivity contribution in [1.29, 1.82) is 0 Å². The number of halogens is 4. The predicted octanol–water partition coefficient (Wildman–Crippen LogP) is 8.78. The number of alkyl halides is 4. The fourth-order valence-electron chi connectivity index (χ4n) is 5.48. The molecular formula is C31H23F4N3O4S. The minimum absolute atomic E-state index is 0.0337. The predicted molar refractivity (Wildman–Crippen MR) is 156 cm³/mol.